The number of fused-ring (bicyclic) bond motifs is 1. The van der Waals surface area contributed by atoms with E-state index in [1.54, 1.807) is 0 Å². The second kappa shape index (κ2) is 6.12. The molecule has 1 aromatic carbocycles. The molecule has 1 aliphatic rings. The van der Waals surface area contributed by atoms with Gasteiger partial charge in [-0.2, -0.15) is 0 Å². The van der Waals surface area contributed by atoms with Gasteiger partial charge in [0, 0.05) is 24.7 Å². The summed E-state index contributed by atoms with van der Waals surface area (Å²) in [5.74, 6) is 0. The number of rotatable bonds is 4. The van der Waals surface area contributed by atoms with Gasteiger partial charge in [0.25, 0.3) is 0 Å². The van der Waals surface area contributed by atoms with Crippen molar-refractivity contribution in [3.63, 3.8) is 0 Å². The topological polar surface area (TPSA) is 36.4 Å². The molecule has 0 radical (unpaired) electrons. The van der Waals surface area contributed by atoms with Crippen LogP contribution in [0.25, 0.3) is 10.9 Å². The summed E-state index contributed by atoms with van der Waals surface area (Å²) in [6.07, 6.45) is 6.70. The molecular weight excluding hydrogens is 260 g/mol. The Kier molecular flexibility index (Phi) is 4.22. The van der Waals surface area contributed by atoms with Gasteiger partial charge < -0.3 is 10.0 Å². The Hall–Kier alpha value is -1.45. The van der Waals surface area contributed by atoms with E-state index in [2.05, 4.69) is 35.1 Å². The quantitative estimate of drug-likeness (QED) is 0.937. The number of pyridine rings is 1. The molecule has 1 aliphatic heterocycles. The number of piperidine rings is 1. The molecule has 112 valence electrons. The fraction of sp³-hybridized carbons (Fsp3) is 0.500. The lowest BCUT2D eigenvalue weighted by molar-refractivity contribution is -0.0236. The van der Waals surface area contributed by atoms with Crippen molar-refractivity contribution in [2.24, 2.45) is 0 Å². The molecule has 0 atom stereocenters. The minimum absolute atomic E-state index is 0.448. The zero-order valence-corrected chi connectivity index (χ0v) is 12.8. The van der Waals surface area contributed by atoms with E-state index in [4.69, 9.17) is 0 Å². The molecule has 0 spiro atoms. The van der Waals surface area contributed by atoms with E-state index in [0.717, 1.165) is 50.7 Å². The minimum Gasteiger partial charge on any atom is -0.390 e. The van der Waals surface area contributed by atoms with Gasteiger partial charge in [0.15, 0.2) is 0 Å². The average Bonchev–Trinajstić information content (AvgIpc) is 2.50. The summed E-state index contributed by atoms with van der Waals surface area (Å²) in [4.78, 5) is 6.80. The van der Waals surface area contributed by atoms with E-state index in [1.807, 2.05) is 18.3 Å². The lowest BCUT2D eigenvalue weighted by Gasteiger charge is -2.36. The van der Waals surface area contributed by atoms with Crippen molar-refractivity contribution in [2.45, 2.75) is 37.7 Å². The number of aryl methyl sites for hydroxylation is 1. The predicted octanol–water partition coefficient (Wildman–Crippen LogP) is 3.01. The molecule has 21 heavy (non-hydrogen) atoms. The van der Waals surface area contributed by atoms with E-state index in [0.29, 0.717) is 0 Å². The lowest BCUT2D eigenvalue weighted by Crippen LogP contribution is -2.42. The third-order valence-electron chi connectivity index (χ3n) is 4.67. The van der Waals surface area contributed by atoms with E-state index in [-0.39, 0.29) is 0 Å². The van der Waals surface area contributed by atoms with E-state index < -0.39 is 5.60 Å². The van der Waals surface area contributed by atoms with Crippen LogP contribution >= 0.6 is 0 Å². The largest absolute Gasteiger partial charge is 0.390 e. The fourth-order valence-corrected chi connectivity index (χ4v) is 3.16. The highest BCUT2D eigenvalue weighted by molar-refractivity contribution is 5.78. The van der Waals surface area contributed by atoms with Crippen LogP contribution in [0.15, 0.2) is 36.5 Å². The van der Waals surface area contributed by atoms with Crippen LogP contribution in [0.2, 0.25) is 0 Å². The maximum atomic E-state index is 10.6. The van der Waals surface area contributed by atoms with E-state index in [9.17, 15) is 5.11 Å². The van der Waals surface area contributed by atoms with Gasteiger partial charge in [0.05, 0.1) is 11.1 Å². The summed E-state index contributed by atoms with van der Waals surface area (Å²) >= 11 is 0. The average molecular weight is 284 g/mol. The number of hydrogen-bond acceptors (Lipinski definition) is 3. The van der Waals surface area contributed by atoms with Gasteiger partial charge in [-0.1, -0.05) is 18.2 Å². The summed E-state index contributed by atoms with van der Waals surface area (Å²) in [5, 5.41) is 11.8. The maximum absolute atomic E-state index is 10.6. The monoisotopic (exact) mass is 284 g/mol. The molecule has 2 heterocycles. The Balaban J connectivity index is 1.56. The predicted molar refractivity (Wildman–Crippen MR) is 86.4 cm³/mol. The molecule has 3 nitrogen and oxygen atoms in total. The molecule has 1 aromatic heterocycles. The SMILES string of the molecule is CN1CCC(O)(CCCc2cnc3ccccc3c2)CC1. The lowest BCUT2D eigenvalue weighted by atomic mass is 9.86. The third kappa shape index (κ3) is 3.60. The molecule has 0 amide bonds. The molecule has 1 N–H and O–H groups in total. The first-order valence-electron chi connectivity index (χ1n) is 7.89. The van der Waals surface area contributed by atoms with Crippen LogP contribution in [-0.4, -0.2) is 40.7 Å². The minimum atomic E-state index is -0.448. The Morgan fingerprint density at radius 2 is 2.00 bits per heavy atom. The number of likely N-dealkylation sites (tertiary alicyclic amines) is 1. The van der Waals surface area contributed by atoms with Crippen molar-refractivity contribution >= 4 is 10.9 Å². The van der Waals surface area contributed by atoms with Crippen molar-refractivity contribution in [3.05, 3.63) is 42.1 Å². The smallest absolute Gasteiger partial charge is 0.0702 e. The molecule has 0 bridgehead atoms. The molecular formula is C18H24N2O. The fourth-order valence-electron chi connectivity index (χ4n) is 3.16. The number of nitrogens with zero attached hydrogens (tertiary/aromatic N) is 2. The van der Waals surface area contributed by atoms with Crippen LogP contribution in [0.4, 0.5) is 0 Å². The number of aromatic nitrogens is 1. The molecule has 0 saturated carbocycles. The standard InChI is InChI=1S/C18H24N2O/c1-20-11-9-18(21,10-12-20)8-4-5-15-13-16-6-2-3-7-17(16)19-14-15/h2-3,6-7,13-14,21H,4-5,8-12H2,1H3. The van der Waals surface area contributed by atoms with Crippen molar-refractivity contribution < 1.29 is 5.11 Å². The Morgan fingerprint density at radius 3 is 2.81 bits per heavy atom. The first kappa shape index (κ1) is 14.5. The number of hydrogen-bond donors (Lipinski definition) is 1. The van der Waals surface area contributed by atoms with E-state index >= 15 is 0 Å². The molecule has 2 aromatic rings. The van der Waals surface area contributed by atoms with Crippen LogP contribution in [0.3, 0.4) is 0 Å². The van der Waals surface area contributed by atoms with Gasteiger partial charge >= 0.3 is 0 Å². The van der Waals surface area contributed by atoms with Gasteiger partial charge in [-0.25, -0.2) is 0 Å². The maximum Gasteiger partial charge on any atom is 0.0702 e. The summed E-state index contributed by atoms with van der Waals surface area (Å²) in [7, 11) is 2.13. The van der Waals surface area contributed by atoms with Crippen molar-refractivity contribution in [2.75, 3.05) is 20.1 Å². The highest BCUT2D eigenvalue weighted by atomic mass is 16.3. The second-order valence-electron chi connectivity index (χ2n) is 6.42. The van der Waals surface area contributed by atoms with Crippen LogP contribution in [0.1, 0.15) is 31.2 Å². The first-order valence-corrected chi connectivity index (χ1v) is 7.89. The molecule has 1 saturated heterocycles. The van der Waals surface area contributed by atoms with Crippen LogP contribution in [0.5, 0.6) is 0 Å². The number of aliphatic hydroxyl groups is 1. The summed E-state index contributed by atoms with van der Waals surface area (Å²) in [6.45, 7) is 2.02. The van der Waals surface area contributed by atoms with Crippen molar-refractivity contribution in [1.29, 1.82) is 0 Å². The first-order chi connectivity index (χ1) is 10.1. The Labute approximate surface area is 126 Å². The summed E-state index contributed by atoms with van der Waals surface area (Å²) < 4.78 is 0. The summed E-state index contributed by atoms with van der Waals surface area (Å²) in [6, 6.07) is 10.4. The Bertz CT molecular complexity index is 603. The second-order valence-corrected chi connectivity index (χ2v) is 6.42. The van der Waals surface area contributed by atoms with Crippen molar-refractivity contribution in [1.82, 2.24) is 9.88 Å². The van der Waals surface area contributed by atoms with Crippen molar-refractivity contribution in [3.8, 4) is 0 Å². The highest BCUT2D eigenvalue weighted by Crippen LogP contribution is 2.27. The number of para-hydroxylation sites is 1. The third-order valence-corrected chi connectivity index (χ3v) is 4.67. The molecule has 0 unspecified atom stereocenters. The summed E-state index contributed by atoms with van der Waals surface area (Å²) in [5.41, 5.74) is 1.87. The highest BCUT2D eigenvalue weighted by Gasteiger charge is 2.30. The normalized spacial score (nSPS) is 19.0. The van der Waals surface area contributed by atoms with Gasteiger partial charge in [-0.3, -0.25) is 4.98 Å². The Morgan fingerprint density at radius 1 is 1.24 bits per heavy atom. The van der Waals surface area contributed by atoms with Crippen LogP contribution in [-0.2, 0) is 6.42 Å². The zero-order chi connectivity index (χ0) is 14.7. The zero-order valence-electron chi connectivity index (χ0n) is 12.8. The van der Waals surface area contributed by atoms with E-state index in [1.165, 1.54) is 10.9 Å². The molecule has 3 heteroatoms. The van der Waals surface area contributed by atoms with Gasteiger partial charge in [-0.15, -0.1) is 0 Å². The number of benzene rings is 1. The molecule has 1 fully saturated rings. The van der Waals surface area contributed by atoms with Crippen LogP contribution in [0, 0.1) is 0 Å². The van der Waals surface area contributed by atoms with Gasteiger partial charge in [0.2, 0.25) is 0 Å². The molecule has 3 rings (SSSR count). The van der Waals surface area contributed by atoms with Gasteiger partial charge in [0.1, 0.15) is 0 Å². The molecule has 0 aliphatic carbocycles. The van der Waals surface area contributed by atoms with Crippen LogP contribution < -0.4 is 0 Å². The van der Waals surface area contributed by atoms with Gasteiger partial charge in [-0.05, 0) is 56.8 Å².